The normalized spacial score (nSPS) is 9.59. The fourth-order valence-corrected chi connectivity index (χ4v) is 1.61. The van der Waals surface area contributed by atoms with Gasteiger partial charge in [-0.1, -0.05) is 18.2 Å². The largest absolute Gasteiger partial charge is 0.481 e. The predicted octanol–water partition coefficient (Wildman–Crippen LogP) is 2.27. The Labute approximate surface area is 101 Å². The van der Waals surface area contributed by atoms with E-state index in [0.29, 0.717) is 25.9 Å². The Morgan fingerprint density at radius 3 is 2.59 bits per heavy atom. The molecule has 0 heterocycles. The highest BCUT2D eigenvalue weighted by molar-refractivity contribution is 5.66. The van der Waals surface area contributed by atoms with E-state index in [4.69, 9.17) is 10.4 Å². The highest BCUT2D eigenvalue weighted by atomic mass is 16.4. The highest BCUT2D eigenvalue weighted by Gasteiger charge is 2.06. The molecule has 0 aliphatic heterocycles. The van der Waals surface area contributed by atoms with Crippen LogP contribution < -0.4 is 4.90 Å². The number of nitriles is 1. The zero-order valence-corrected chi connectivity index (χ0v) is 9.67. The van der Waals surface area contributed by atoms with Crippen LogP contribution in [0.15, 0.2) is 30.3 Å². The Hall–Kier alpha value is -2.02. The standard InChI is InChI=1S/C13H16N2O2/c14-9-5-11-15(10-4-8-13(16)17)12-6-2-1-3-7-12/h1-3,6-7H,4-5,8,10-11H2,(H,16,17). The van der Waals surface area contributed by atoms with Crippen LogP contribution in [0.2, 0.25) is 0 Å². The van der Waals surface area contributed by atoms with Crippen LogP contribution in [0.25, 0.3) is 0 Å². The van der Waals surface area contributed by atoms with Gasteiger partial charge < -0.3 is 10.0 Å². The van der Waals surface area contributed by atoms with E-state index in [1.165, 1.54) is 0 Å². The van der Waals surface area contributed by atoms with E-state index in [-0.39, 0.29) is 6.42 Å². The smallest absolute Gasteiger partial charge is 0.303 e. The molecule has 17 heavy (non-hydrogen) atoms. The number of anilines is 1. The average molecular weight is 232 g/mol. The van der Waals surface area contributed by atoms with Gasteiger partial charge >= 0.3 is 5.97 Å². The second-order valence-corrected chi connectivity index (χ2v) is 3.73. The summed E-state index contributed by atoms with van der Waals surface area (Å²) in [5.41, 5.74) is 1.04. The first-order valence-corrected chi connectivity index (χ1v) is 5.63. The molecule has 0 spiro atoms. The lowest BCUT2D eigenvalue weighted by Gasteiger charge is -2.23. The van der Waals surface area contributed by atoms with Crippen molar-refractivity contribution in [2.24, 2.45) is 0 Å². The quantitative estimate of drug-likeness (QED) is 0.783. The van der Waals surface area contributed by atoms with Crippen molar-refractivity contribution in [2.45, 2.75) is 19.3 Å². The van der Waals surface area contributed by atoms with Gasteiger partial charge in [-0.05, 0) is 18.6 Å². The topological polar surface area (TPSA) is 64.3 Å². The van der Waals surface area contributed by atoms with Gasteiger partial charge in [-0.25, -0.2) is 0 Å². The van der Waals surface area contributed by atoms with Gasteiger partial charge in [0.15, 0.2) is 0 Å². The minimum atomic E-state index is -0.779. The number of carboxylic acid groups (broad SMARTS) is 1. The molecule has 0 saturated carbocycles. The number of benzene rings is 1. The van der Waals surface area contributed by atoms with Gasteiger partial charge in [0.25, 0.3) is 0 Å². The lowest BCUT2D eigenvalue weighted by atomic mass is 10.2. The maximum Gasteiger partial charge on any atom is 0.303 e. The van der Waals surface area contributed by atoms with Gasteiger partial charge in [0.1, 0.15) is 0 Å². The summed E-state index contributed by atoms with van der Waals surface area (Å²) >= 11 is 0. The van der Waals surface area contributed by atoms with Crippen LogP contribution in [0.4, 0.5) is 5.69 Å². The van der Waals surface area contributed by atoms with Crippen molar-refractivity contribution in [3.8, 4) is 6.07 Å². The zero-order chi connectivity index (χ0) is 12.5. The van der Waals surface area contributed by atoms with Crippen molar-refractivity contribution >= 4 is 11.7 Å². The molecule has 1 aromatic rings. The Kier molecular flexibility index (Phi) is 5.59. The van der Waals surface area contributed by atoms with Gasteiger partial charge in [0.05, 0.1) is 12.5 Å². The summed E-state index contributed by atoms with van der Waals surface area (Å²) in [6.07, 6.45) is 1.20. The van der Waals surface area contributed by atoms with Gasteiger partial charge in [-0.2, -0.15) is 5.26 Å². The molecule has 0 aliphatic carbocycles. The van der Waals surface area contributed by atoms with E-state index in [0.717, 1.165) is 5.69 Å². The molecule has 0 bridgehead atoms. The number of nitrogens with zero attached hydrogens (tertiary/aromatic N) is 2. The van der Waals surface area contributed by atoms with Crippen LogP contribution in [-0.2, 0) is 4.79 Å². The predicted molar refractivity (Wildman–Crippen MR) is 65.8 cm³/mol. The van der Waals surface area contributed by atoms with E-state index in [1.54, 1.807) is 0 Å². The second-order valence-electron chi connectivity index (χ2n) is 3.73. The lowest BCUT2D eigenvalue weighted by molar-refractivity contribution is -0.137. The maximum absolute atomic E-state index is 10.5. The van der Waals surface area contributed by atoms with Crippen molar-refractivity contribution in [1.29, 1.82) is 5.26 Å². The summed E-state index contributed by atoms with van der Waals surface area (Å²) < 4.78 is 0. The monoisotopic (exact) mass is 232 g/mol. The number of hydrogen-bond acceptors (Lipinski definition) is 3. The van der Waals surface area contributed by atoms with E-state index in [1.807, 2.05) is 35.2 Å². The molecular formula is C13H16N2O2. The highest BCUT2D eigenvalue weighted by Crippen LogP contribution is 2.14. The summed E-state index contributed by atoms with van der Waals surface area (Å²) in [7, 11) is 0. The molecule has 0 atom stereocenters. The first-order valence-electron chi connectivity index (χ1n) is 5.63. The molecule has 1 N–H and O–H groups in total. The fourth-order valence-electron chi connectivity index (χ4n) is 1.61. The summed E-state index contributed by atoms with van der Waals surface area (Å²) in [4.78, 5) is 12.5. The van der Waals surface area contributed by atoms with Gasteiger partial charge in [0.2, 0.25) is 0 Å². The van der Waals surface area contributed by atoms with Gasteiger partial charge in [-0.15, -0.1) is 0 Å². The number of carboxylic acids is 1. The zero-order valence-electron chi connectivity index (χ0n) is 9.67. The Morgan fingerprint density at radius 1 is 1.29 bits per heavy atom. The summed E-state index contributed by atoms with van der Waals surface area (Å²) in [5.74, 6) is -0.779. The van der Waals surface area contributed by atoms with Crippen molar-refractivity contribution in [2.75, 3.05) is 18.0 Å². The van der Waals surface area contributed by atoms with E-state index >= 15 is 0 Å². The molecule has 1 aromatic carbocycles. The molecule has 0 radical (unpaired) electrons. The number of rotatable bonds is 7. The van der Waals surface area contributed by atoms with Crippen molar-refractivity contribution in [3.63, 3.8) is 0 Å². The SMILES string of the molecule is N#CCCN(CCCC(=O)O)c1ccccc1. The average Bonchev–Trinajstić information content (AvgIpc) is 2.34. The third-order valence-electron chi connectivity index (χ3n) is 2.43. The summed E-state index contributed by atoms with van der Waals surface area (Å²) in [6.45, 7) is 1.30. The van der Waals surface area contributed by atoms with Crippen LogP contribution in [0.1, 0.15) is 19.3 Å². The molecule has 90 valence electrons. The summed E-state index contributed by atoms with van der Waals surface area (Å²) in [6, 6.07) is 11.9. The van der Waals surface area contributed by atoms with Crippen molar-refractivity contribution < 1.29 is 9.90 Å². The van der Waals surface area contributed by atoms with Gasteiger partial charge in [0, 0.05) is 25.2 Å². The second kappa shape index (κ2) is 7.29. The van der Waals surface area contributed by atoms with Crippen LogP contribution in [0.3, 0.4) is 0 Å². The molecule has 0 saturated heterocycles. The first-order chi connectivity index (χ1) is 8.24. The van der Waals surface area contributed by atoms with E-state index in [9.17, 15) is 4.79 Å². The van der Waals surface area contributed by atoms with Crippen LogP contribution >= 0.6 is 0 Å². The van der Waals surface area contributed by atoms with Crippen LogP contribution in [0.5, 0.6) is 0 Å². The third-order valence-corrected chi connectivity index (χ3v) is 2.43. The van der Waals surface area contributed by atoms with E-state index in [2.05, 4.69) is 6.07 Å². The van der Waals surface area contributed by atoms with E-state index < -0.39 is 5.97 Å². The molecule has 0 aromatic heterocycles. The van der Waals surface area contributed by atoms with Crippen LogP contribution in [-0.4, -0.2) is 24.2 Å². The number of carbonyl (C=O) groups is 1. The Bertz CT molecular complexity index is 384. The molecule has 0 fully saturated rings. The maximum atomic E-state index is 10.5. The molecule has 0 aliphatic rings. The molecule has 4 nitrogen and oxygen atoms in total. The molecule has 0 unspecified atom stereocenters. The molecule has 1 rings (SSSR count). The molecule has 4 heteroatoms. The number of para-hydroxylation sites is 1. The van der Waals surface area contributed by atoms with Crippen LogP contribution in [0, 0.1) is 11.3 Å². The Balaban J connectivity index is 2.55. The minimum Gasteiger partial charge on any atom is -0.481 e. The number of aliphatic carboxylic acids is 1. The molecular weight excluding hydrogens is 216 g/mol. The lowest BCUT2D eigenvalue weighted by Crippen LogP contribution is -2.25. The fraction of sp³-hybridized carbons (Fsp3) is 0.385. The summed E-state index contributed by atoms with van der Waals surface area (Å²) in [5, 5.41) is 17.2. The Morgan fingerprint density at radius 2 is 2.00 bits per heavy atom. The van der Waals surface area contributed by atoms with Crippen molar-refractivity contribution in [1.82, 2.24) is 0 Å². The van der Waals surface area contributed by atoms with Crippen molar-refractivity contribution in [3.05, 3.63) is 30.3 Å². The number of hydrogen-bond donors (Lipinski definition) is 1. The minimum absolute atomic E-state index is 0.163. The van der Waals surface area contributed by atoms with Gasteiger partial charge in [-0.3, -0.25) is 4.79 Å². The first kappa shape index (κ1) is 13.0. The molecule has 0 amide bonds. The third kappa shape index (κ3) is 5.03.